The first kappa shape index (κ1) is 10.1. The van der Waals surface area contributed by atoms with E-state index in [0.717, 1.165) is 13.0 Å². The fourth-order valence-corrected chi connectivity index (χ4v) is 3.33. The molecule has 13 heavy (non-hydrogen) atoms. The van der Waals surface area contributed by atoms with Crippen LogP contribution in [0.25, 0.3) is 0 Å². The Morgan fingerprint density at radius 1 is 1.46 bits per heavy atom. The Morgan fingerprint density at radius 3 is 2.77 bits per heavy atom. The number of hydrogen-bond acceptors (Lipinski definition) is 3. The van der Waals surface area contributed by atoms with Gasteiger partial charge in [-0.15, -0.1) is 0 Å². The highest BCUT2D eigenvalue weighted by molar-refractivity contribution is 14.1. The summed E-state index contributed by atoms with van der Waals surface area (Å²) in [5.41, 5.74) is 0. The summed E-state index contributed by atoms with van der Waals surface area (Å²) in [6.45, 7) is 7.19. The molecule has 0 aromatic rings. The van der Waals surface area contributed by atoms with Crippen LogP contribution >= 0.6 is 22.9 Å². The van der Waals surface area contributed by atoms with E-state index in [-0.39, 0.29) is 18.0 Å². The van der Waals surface area contributed by atoms with Crippen LogP contribution in [0.4, 0.5) is 0 Å². The predicted octanol–water partition coefficient (Wildman–Crippen LogP) is 1.95. The normalized spacial score (nSPS) is 43.8. The van der Waals surface area contributed by atoms with Crippen molar-refractivity contribution in [3.63, 3.8) is 0 Å². The average Bonchev–Trinajstić information content (AvgIpc) is 2.39. The van der Waals surface area contributed by atoms with Gasteiger partial charge in [0.05, 0.1) is 0 Å². The van der Waals surface area contributed by atoms with Crippen LogP contribution in [0.2, 0.25) is 0 Å². The molecule has 0 aliphatic carbocycles. The van der Waals surface area contributed by atoms with Crippen LogP contribution in [0.3, 0.4) is 0 Å². The van der Waals surface area contributed by atoms with E-state index in [1.54, 1.807) is 0 Å². The standard InChI is InChI=1S/C9H16INO2/c1-4-6-8-7(5-11(6)10)12-9(2,3)13-8/h6-8H,4-5H2,1-3H3. The number of ether oxygens (including phenoxy) is 2. The van der Waals surface area contributed by atoms with Gasteiger partial charge in [0.25, 0.3) is 0 Å². The maximum atomic E-state index is 5.88. The molecule has 0 bridgehead atoms. The molecule has 0 aromatic heterocycles. The Bertz CT molecular complexity index is 210. The Hall–Kier alpha value is 0.610. The smallest absolute Gasteiger partial charge is 0.163 e. The summed E-state index contributed by atoms with van der Waals surface area (Å²) in [6.07, 6.45) is 1.68. The molecule has 2 aliphatic heterocycles. The minimum absolute atomic E-state index is 0.275. The fraction of sp³-hybridized carbons (Fsp3) is 1.00. The minimum atomic E-state index is -0.374. The molecule has 76 valence electrons. The van der Waals surface area contributed by atoms with Crippen LogP contribution < -0.4 is 0 Å². The number of hydrogen-bond donors (Lipinski definition) is 0. The van der Waals surface area contributed by atoms with Crippen LogP contribution in [0.15, 0.2) is 0 Å². The van der Waals surface area contributed by atoms with Gasteiger partial charge in [-0.3, -0.25) is 0 Å². The lowest BCUT2D eigenvalue weighted by molar-refractivity contribution is -0.156. The van der Waals surface area contributed by atoms with Gasteiger partial charge in [-0.05, 0) is 20.3 Å². The summed E-state index contributed by atoms with van der Waals surface area (Å²) in [5, 5.41) is 0. The summed E-state index contributed by atoms with van der Waals surface area (Å²) in [4.78, 5) is 0. The first-order chi connectivity index (χ1) is 6.03. The molecule has 2 rings (SSSR count). The van der Waals surface area contributed by atoms with Gasteiger partial charge in [0, 0.05) is 35.5 Å². The second kappa shape index (κ2) is 3.32. The molecule has 2 saturated heterocycles. The quantitative estimate of drug-likeness (QED) is 0.545. The van der Waals surface area contributed by atoms with Crippen LogP contribution in [0.5, 0.6) is 0 Å². The van der Waals surface area contributed by atoms with Crippen LogP contribution in [0, 0.1) is 0 Å². The second-order valence-electron chi connectivity index (χ2n) is 4.20. The van der Waals surface area contributed by atoms with E-state index in [0.29, 0.717) is 6.04 Å². The van der Waals surface area contributed by atoms with Crippen molar-refractivity contribution in [3.8, 4) is 0 Å². The zero-order valence-electron chi connectivity index (χ0n) is 8.29. The van der Waals surface area contributed by atoms with Crippen molar-refractivity contribution >= 4 is 22.9 Å². The first-order valence-corrected chi connectivity index (χ1v) is 5.78. The van der Waals surface area contributed by atoms with Crippen LogP contribution in [-0.2, 0) is 9.47 Å². The van der Waals surface area contributed by atoms with Crippen LogP contribution in [0.1, 0.15) is 27.2 Å². The number of halogens is 1. The zero-order chi connectivity index (χ0) is 9.64. The van der Waals surface area contributed by atoms with E-state index in [1.807, 2.05) is 13.8 Å². The van der Waals surface area contributed by atoms with E-state index < -0.39 is 0 Å². The number of nitrogens with zero attached hydrogens (tertiary/aromatic N) is 1. The van der Waals surface area contributed by atoms with Crippen molar-refractivity contribution in [1.29, 1.82) is 0 Å². The second-order valence-corrected chi connectivity index (χ2v) is 5.44. The summed E-state index contributed by atoms with van der Waals surface area (Å²) >= 11 is 2.37. The molecule has 0 aromatic carbocycles. The van der Waals surface area contributed by atoms with E-state index in [9.17, 15) is 0 Å². The monoisotopic (exact) mass is 297 g/mol. The van der Waals surface area contributed by atoms with Gasteiger partial charge in [0.15, 0.2) is 5.79 Å². The highest BCUT2D eigenvalue weighted by atomic mass is 127. The highest BCUT2D eigenvalue weighted by Crippen LogP contribution is 2.38. The van der Waals surface area contributed by atoms with Gasteiger partial charge in [-0.25, -0.2) is 3.11 Å². The molecule has 2 aliphatic rings. The van der Waals surface area contributed by atoms with Gasteiger partial charge >= 0.3 is 0 Å². The summed E-state index contributed by atoms with van der Waals surface area (Å²) < 4.78 is 14.0. The topological polar surface area (TPSA) is 21.7 Å². The molecule has 0 saturated carbocycles. The zero-order valence-corrected chi connectivity index (χ0v) is 10.4. The average molecular weight is 297 g/mol. The van der Waals surface area contributed by atoms with Crippen molar-refractivity contribution in [2.24, 2.45) is 0 Å². The van der Waals surface area contributed by atoms with Gasteiger partial charge in [-0.1, -0.05) is 6.92 Å². The van der Waals surface area contributed by atoms with E-state index >= 15 is 0 Å². The SMILES string of the molecule is CCC1C2OC(C)(C)OC2CN1I. The van der Waals surface area contributed by atoms with E-state index in [1.165, 1.54) is 0 Å². The largest absolute Gasteiger partial charge is 0.343 e. The third-order valence-electron chi connectivity index (χ3n) is 2.73. The van der Waals surface area contributed by atoms with Gasteiger partial charge in [0.1, 0.15) is 12.2 Å². The molecular formula is C9H16INO2. The molecule has 0 spiro atoms. The molecule has 4 heteroatoms. The van der Waals surface area contributed by atoms with Crippen molar-refractivity contribution in [2.45, 2.75) is 51.2 Å². The molecule has 2 heterocycles. The molecule has 3 unspecified atom stereocenters. The molecule has 0 radical (unpaired) electrons. The summed E-state index contributed by atoms with van der Waals surface area (Å²) in [5.74, 6) is -0.374. The Kier molecular flexibility index (Phi) is 2.59. The first-order valence-electron chi connectivity index (χ1n) is 4.81. The molecule has 3 nitrogen and oxygen atoms in total. The molecule has 0 amide bonds. The highest BCUT2D eigenvalue weighted by Gasteiger charge is 2.51. The van der Waals surface area contributed by atoms with E-state index in [4.69, 9.17) is 9.47 Å². The van der Waals surface area contributed by atoms with Crippen molar-refractivity contribution in [3.05, 3.63) is 0 Å². The molecule has 0 N–H and O–H groups in total. The van der Waals surface area contributed by atoms with Gasteiger partial charge < -0.3 is 9.47 Å². The Balaban J connectivity index is 2.10. The third-order valence-corrected chi connectivity index (χ3v) is 3.84. The Morgan fingerprint density at radius 2 is 2.15 bits per heavy atom. The van der Waals surface area contributed by atoms with Gasteiger partial charge in [0.2, 0.25) is 0 Å². The Labute approximate surface area is 93.3 Å². The molecule has 3 atom stereocenters. The third kappa shape index (κ3) is 1.73. The maximum Gasteiger partial charge on any atom is 0.163 e. The van der Waals surface area contributed by atoms with Crippen LogP contribution in [-0.4, -0.2) is 33.7 Å². The van der Waals surface area contributed by atoms with E-state index in [2.05, 4.69) is 32.9 Å². The summed E-state index contributed by atoms with van der Waals surface area (Å²) in [6, 6.07) is 0.521. The fourth-order valence-electron chi connectivity index (χ4n) is 2.23. The molecule has 2 fully saturated rings. The number of fused-ring (bicyclic) bond motifs is 1. The predicted molar refractivity (Wildman–Crippen MR) is 58.6 cm³/mol. The number of rotatable bonds is 1. The lowest BCUT2D eigenvalue weighted by Gasteiger charge is -2.24. The van der Waals surface area contributed by atoms with Crippen molar-refractivity contribution in [2.75, 3.05) is 6.54 Å². The minimum Gasteiger partial charge on any atom is -0.343 e. The van der Waals surface area contributed by atoms with Crippen molar-refractivity contribution in [1.82, 2.24) is 3.11 Å². The lowest BCUT2D eigenvalue weighted by Crippen LogP contribution is -2.33. The molecular weight excluding hydrogens is 281 g/mol. The maximum absolute atomic E-state index is 5.88. The summed E-state index contributed by atoms with van der Waals surface area (Å²) in [7, 11) is 0. The van der Waals surface area contributed by atoms with Crippen molar-refractivity contribution < 1.29 is 9.47 Å². The van der Waals surface area contributed by atoms with Gasteiger partial charge in [-0.2, -0.15) is 0 Å². The lowest BCUT2D eigenvalue weighted by atomic mass is 10.1.